The molecule has 8 heteroatoms. The molecule has 2 heterocycles. The SMILES string of the molecule is Cc1ccnc(NC(=O)Cn2cc(COc3ccc(F)cc3)nn2)c1. The molecule has 0 fully saturated rings. The van der Waals surface area contributed by atoms with Crippen LogP contribution in [-0.2, 0) is 17.9 Å². The largest absolute Gasteiger partial charge is 0.487 e. The normalized spacial score (nSPS) is 10.5. The predicted octanol–water partition coefficient (Wildman–Crippen LogP) is 2.34. The maximum Gasteiger partial charge on any atom is 0.247 e. The minimum atomic E-state index is -0.326. The highest BCUT2D eigenvalue weighted by molar-refractivity contribution is 5.89. The van der Waals surface area contributed by atoms with Gasteiger partial charge >= 0.3 is 0 Å². The zero-order valence-electron chi connectivity index (χ0n) is 13.5. The molecule has 0 saturated carbocycles. The second-order valence-electron chi connectivity index (χ2n) is 5.42. The van der Waals surface area contributed by atoms with Gasteiger partial charge in [0.15, 0.2) is 0 Å². The quantitative estimate of drug-likeness (QED) is 0.744. The monoisotopic (exact) mass is 341 g/mol. The molecule has 0 aliphatic heterocycles. The number of carbonyl (C=O) groups excluding carboxylic acids is 1. The van der Waals surface area contributed by atoms with Crippen LogP contribution in [0.15, 0.2) is 48.8 Å². The van der Waals surface area contributed by atoms with Crippen molar-refractivity contribution in [3.63, 3.8) is 0 Å². The summed E-state index contributed by atoms with van der Waals surface area (Å²) in [5.74, 6) is 0.436. The van der Waals surface area contributed by atoms with E-state index in [4.69, 9.17) is 4.74 Å². The summed E-state index contributed by atoms with van der Waals surface area (Å²) < 4.78 is 19.7. The van der Waals surface area contributed by atoms with E-state index in [1.165, 1.54) is 28.9 Å². The summed E-state index contributed by atoms with van der Waals surface area (Å²) >= 11 is 0. The Morgan fingerprint density at radius 2 is 2.08 bits per heavy atom. The van der Waals surface area contributed by atoms with E-state index < -0.39 is 0 Å². The molecule has 0 radical (unpaired) electrons. The summed E-state index contributed by atoms with van der Waals surface area (Å²) in [5.41, 5.74) is 1.57. The number of pyridine rings is 1. The number of carbonyl (C=O) groups is 1. The van der Waals surface area contributed by atoms with E-state index >= 15 is 0 Å². The molecule has 1 amide bonds. The molecule has 2 aromatic heterocycles. The van der Waals surface area contributed by atoms with Crippen molar-refractivity contribution in [1.82, 2.24) is 20.0 Å². The highest BCUT2D eigenvalue weighted by Gasteiger charge is 2.08. The van der Waals surface area contributed by atoms with Crippen LogP contribution in [0.25, 0.3) is 0 Å². The van der Waals surface area contributed by atoms with E-state index in [1.807, 2.05) is 13.0 Å². The van der Waals surface area contributed by atoms with Gasteiger partial charge in [-0.15, -0.1) is 5.10 Å². The van der Waals surface area contributed by atoms with E-state index in [9.17, 15) is 9.18 Å². The summed E-state index contributed by atoms with van der Waals surface area (Å²) in [5, 5.41) is 10.5. The average molecular weight is 341 g/mol. The van der Waals surface area contributed by atoms with Crippen LogP contribution in [0.3, 0.4) is 0 Å². The van der Waals surface area contributed by atoms with Crippen molar-refractivity contribution in [2.75, 3.05) is 5.32 Å². The molecule has 0 unspecified atom stereocenters. The van der Waals surface area contributed by atoms with Crippen LogP contribution >= 0.6 is 0 Å². The number of hydrogen-bond acceptors (Lipinski definition) is 5. The van der Waals surface area contributed by atoms with Crippen LogP contribution in [-0.4, -0.2) is 25.9 Å². The lowest BCUT2D eigenvalue weighted by atomic mass is 10.3. The van der Waals surface area contributed by atoms with E-state index in [1.54, 1.807) is 18.5 Å². The predicted molar refractivity (Wildman–Crippen MR) is 88.4 cm³/mol. The lowest BCUT2D eigenvalue weighted by Crippen LogP contribution is -2.19. The third-order valence-corrected chi connectivity index (χ3v) is 3.27. The standard InChI is InChI=1S/C17H16FN5O2/c1-12-6-7-19-16(8-12)20-17(24)10-23-9-14(21-22-23)11-25-15-4-2-13(18)3-5-15/h2-9H,10-11H2,1H3,(H,19,20,24). The van der Waals surface area contributed by atoms with Gasteiger partial charge in [-0.3, -0.25) is 4.79 Å². The summed E-state index contributed by atoms with van der Waals surface area (Å²) in [6, 6.07) is 9.32. The molecule has 0 aliphatic rings. The molecule has 25 heavy (non-hydrogen) atoms. The number of benzene rings is 1. The fourth-order valence-corrected chi connectivity index (χ4v) is 2.10. The molecule has 0 saturated heterocycles. The van der Waals surface area contributed by atoms with Gasteiger partial charge in [0.05, 0.1) is 6.20 Å². The van der Waals surface area contributed by atoms with Gasteiger partial charge in [0.2, 0.25) is 5.91 Å². The van der Waals surface area contributed by atoms with Crippen LogP contribution in [0.4, 0.5) is 10.2 Å². The lowest BCUT2D eigenvalue weighted by molar-refractivity contribution is -0.116. The number of anilines is 1. The zero-order valence-corrected chi connectivity index (χ0v) is 13.5. The van der Waals surface area contributed by atoms with Gasteiger partial charge in [0.1, 0.15) is 36.2 Å². The van der Waals surface area contributed by atoms with Crippen molar-refractivity contribution in [2.45, 2.75) is 20.1 Å². The second kappa shape index (κ2) is 7.52. The van der Waals surface area contributed by atoms with E-state index in [2.05, 4.69) is 20.6 Å². The van der Waals surface area contributed by atoms with Crippen molar-refractivity contribution in [1.29, 1.82) is 0 Å². The maximum absolute atomic E-state index is 12.8. The zero-order chi connectivity index (χ0) is 17.6. The highest BCUT2D eigenvalue weighted by Crippen LogP contribution is 2.12. The van der Waals surface area contributed by atoms with Crippen molar-refractivity contribution in [3.05, 3.63) is 65.9 Å². The van der Waals surface area contributed by atoms with Gasteiger partial charge < -0.3 is 10.1 Å². The van der Waals surface area contributed by atoms with E-state index in [-0.39, 0.29) is 24.9 Å². The molecule has 0 aliphatic carbocycles. The Kier molecular flexibility index (Phi) is 4.98. The minimum absolute atomic E-state index is 0.0131. The molecule has 128 valence electrons. The molecule has 3 rings (SSSR count). The Morgan fingerprint density at radius 3 is 2.84 bits per heavy atom. The van der Waals surface area contributed by atoms with Gasteiger partial charge in [0.25, 0.3) is 0 Å². The number of ether oxygens (including phenoxy) is 1. The Bertz CT molecular complexity index is 863. The number of rotatable bonds is 6. The van der Waals surface area contributed by atoms with Crippen LogP contribution < -0.4 is 10.1 Å². The first-order valence-corrected chi connectivity index (χ1v) is 7.58. The molecule has 1 aromatic carbocycles. The van der Waals surface area contributed by atoms with Gasteiger partial charge in [0, 0.05) is 6.20 Å². The molecule has 0 atom stereocenters. The molecule has 0 spiro atoms. The van der Waals surface area contributed by atoms with E-state index in [0.29, 0.717) is 17.3 Å². The second-order valence-corrected chi connectivity index (χ2v) is 5.42. The smallest absolute Gasteiger partial charge is 0.247 e. The van der Waals surface area contributed by atoms with Gasteiger partial charge in [-0.1, -0.05) is 5.21 Å². The Hall–Kier alpha value is -3.29. The third-order valence-electron chi connectivity index (χ3n) is 3.27. The molecule has 7 nitrogen and oxygen atoms in total. The van der Waals surface area contributed by atoms with Gasteiger partial charge in [-0.25, -0.2) is 14.1 Å². The first-order valence-electron chi connectivity index (χ1n) is 7.58. The fourth-order valence-electron chi connectivity index (χ4n) is 2.10. The Morgan fingerprint density at radius 1 is 1.28 bits per heavy atom. The van der Waals surface area contributed by atoms with Crippen LogP contribution in [0.1, 0.15) is 11.3 Å². The van der Waals surface area contributed by atoms with Crippen LogP contribution in [0.2, 0.25) is 0 Å². The first kappa shape index (κ1) is 16.6. The number of aromatic nitrogens is 4. The van der Waals surface area contributed by atoms with Gasteiger partial charge in [-0.05, 0) is 48.9 Å². The maximum atomic E-state index is 12.8. The molecule has 1 N–H and O–H groups in total. The lowest BCUT2D eigenvalue weighted by Gasteiger charge is -2.04. The Balaban J connectivity index is 1.52. The Labute approximate surface area is 143 Å². The third kappa shape index (κ3) is 4.84. The summed E-state index contributed by atoms with van der Waals surface area (Å²) in [4.78, 5) is 16.1. The number of hydrogen-bond donors (Lipinski definition) is 1. The van der Waals surface area contributed by atoms with Crippen LogP contribution in [0, 0.1) is 12.7 Å². The number of nitrogens with one attached hydrogen (secondary N) is 1. The summed E-state index contributed by atoms with van der Waals surface area (Å²) in [6.07, 6.45) is 3.25. The average Bonchev–Trinajstić information content (AvgIpc) is 3.01. The molecule has 0 bridgehead atoms. The molecular formula is C17H16FN5O2. The van der Waals surface area contributed by atoms with Crippen molar-refractivity contribution < 1.29 is 13.9 Å². The molecule has 3 aromatic rings. The number of halogens is 1. The topological polar surface area (TPSA) is 81.9 Å². The van der Waals surface area contributed by atoms with Crippen molar-refractivity contribution in [2.24, 2.45) is 0 Å². The van der Waals surface area contributed by atoms with Gasteiger partial charge in [-0.2, -0.15) is 0 Å². The van der Waals surface area contributed by atoms with Crippen LogP contribution in [0.5, 0.6) is 5.75 Å². The first-order chi connectivity index (χ1) is 12.1. The summed E-state index contributed by atoms with van der Waals surface area (Å²) in [7, 11) is 0. The number of amides is 1. The summed E-state index contributed by atoms with van der Waals surface area (Å²) in [6.45, 7) is 2.11. The van der Waals surface area contributed by atoms with E-state index in [0.717, 1.165) is 5.56 Å². The van der Waals surface area contributed by atoms with Crippen molar-refractivity contribution in [3.8, 4) is 5.75 Å². The highest BCUT2D eigenvalue weighted by atomic mass is 19.1. The molecular weight excluding hydrogens is 325 g/mol. The number of aryl methyl sites for hydroxylation is 1. The fraction of sp³-hybridized carbons (Fsp3) is 0.176. The minimum Gasteiger partial charge on any atom is -0.487 e. The number of nitrogens with zero attached hydrogens (tertiary/aromatic N) is 4. The van der Waals surface area contributed by atoms with Crippen molar-refractivity contribution >= 4 is 11.7 Å².